The lowest BCUT2D eigenvalue weighted by Gasteiger charge is -2.18. The Kier molecular flexibility index (Phi) is 5.59. The van der Waals surface area contributed by atoms with E-state index >= 15 is 0 Å². The molecule has 0 bridgehead atoms. The van der Waals surface area contributed by atoms with Crippen LogP contribution in [0.2, 0.25) is 0 Å². The predicted octanol–water partition coefficient (Wildman–Crippen LogP) is 3.89. The molecular formula is C21H21N3O4S2. The number of oxazole rings is 1. The molecule has 0 aliphatic carbocycles. The van der Waals surface area contributed by atoms with Gasteiger partial charge in [0.1, 0.15) is 0 Å². The largest absolute Gasteiger partial charge is 0.420 e. The standard InChI is InChI=1S/C21H21N3O4S2/c1-14(2)24-19-7-6-16(12-20(19)28-21(24)25)30(26,27)23-18(11-15-8-10-29-13-15)17-5-3-4-9-22-17/h3-10,12-14,18,23H,11H2,1-2H3. The number of pyridine rings is 1. The lowest BCUT2D eigenvalue weighted by molar-refractivity contribution is 0.478. The minimum atomic E-state index is -3.88. The highest BCUT2D eigenvalue weighted by atomic mass is 32.2. The Morgan fingerprint density at radius 2 is 2.03 bits per heavy atom. The van der Waals surface area contributed by atoms with Crippen LogP contribution in [0.4, 0.5) is 0 Å². The van der Waals surface area contributed by atoms with Crippen molar-refractivity contribution < 1.29 is 12.8 Å². The molecule has 0 saturated carbocycles. The highest BCUT2D eigenvalue weighted by Gasteiger charge is 2.24. The Morgan fingerprint density at radius 3 is 2.70 bits per heavy atom. The molecule has 7 nitrogen and oxygen atoms in total. The normalized spacial score (nSPS) is 13.2. The van der Waals surface area contributed by atoms with E-state index in [4.69, 9.17) is 4.42 Å². The van der Waals surface area contributed by atoms with Gasteiger partial charge in [-0.1, -0.05) is 6.07 Å². The zero-order valence-corrected chi connectivity index (χ0v) is 18.1. The molecular weight excluding hydrogens is 422 g/mol. The Bertz CT molecular complexity index is 1310. The number of fused-ring (bicyclic) bond motifs is 1. The van der Waals surface area contributed by atoms with Crippen molar-refractivity contribution in [1.82, 2.24) is 14.3 Å². The average molecular weight is 444 g/mol. The summed E-state index contributed by atoms with van der Waals surface area (Å²) < 4.78 is 35.8. The van der Waals surface area contributed by atoms with E-state index in [-0.39, 0.29) is 16.5 Å². The van der Waals surface area contributed by atoms with Crippen LogP contribution in [0.1, 0.15) is 37.2 Å². The zero-order valence-electron chi connectivity index (χ0n) is 16.5. The van der Waals surface area contributed by atoms with Gasteiger partial charge in [-0.15, -0.1) is 0 Å². The van der Waals surface area contributed by atoms with E-state index < -0.39 is 21.8 Å². The summed E-state index contributed by atoms with van der Waals surface area (Å²) in [5.74, 6) is -0.508. The van der Waals surface area contributed by atoms with Crippen molar-refractivity contribution in [3.63, 3.8) is 0 Å². The van der Waals surface area contributed by atoms with Gasteiger partial charge in [0, 0.05) is 18.3 Å². The number of hydrogen-bond donors (Lipinski definition) is 1. The highest BCUT2D eigenvalue weighted by molar-refractivity contribution is 7.89. The second-order valence-corrected chi connectivity index (χ2v) is 9.72. The summed E-state index contributed by atoms with van der Waals surface area (Å²) >= 11 is 1.56. The molecule has 0 amide bonds. The van der Waals surface area contributed by atoms with Crippen LogP contribution in [-0.4, -0.2) is 18.0 Å². The summed E-state index contributed by atoms with van der Waals surface area (Å²) in [6.45, 7) is 3.73. The van der Waals surface area contributed by atoms with Crippen molar-refractivity contribution in [2.45, 2.75) is 37.2 Å². The number of nitrogens with one attached hydrogen (secondary N) is 1. The van der Waals surface area contributed by atoms with Crippen LogP contribution in [0, 0.1) is 0 Å². The summed E-state index contributed by atoms with van der Waals surface area (Å²) in [6, 6.07) is 11.2. The van der Waals surface area contributed by atoms with E-state index in [1.807, 2.05) is 36.7 Å². The molecule has 0 fully saturated rings. The van der Waals surface area contributed by atoms with Crippen molar-refractivity contribution in [2.75, 3.05) is 0 Å². The van der Waals surface area contributed by atoms with Crippen LogP contribution >= 0.6 is 11.3 Å². The van der Waals surface area contributed by atoms with E-state index in [2.05, 4.69) is 9.71 Å². The van der Waals surface area contributed by atoms with E-state index in [9.17, 15) is 13.2 Å². The molecule has 9 heteroatoms. The first-order valence-electron chi connectivity index (χ1n) is 9.44. The Labute approximate surface area is 178 Å². The maximum Gasteiger partial charge on any atom is 0.420 e. The lowest BCUT2D eigenvalue weighted by atomic mass is 10.1. The van der Waals surface area contributed by atoms with E-state index in [1.165, 1.54) is 16.7 Å². The van der Waals surface area contributed by atoms with Crippen molar-refractivity contribution in [3.05, 3.63) is 81.2 Å². The highest BCUT2D eigenvalue weighted by Crippen LogP contribution is 2.24. The molecule has 0 spiro atoms. The fourth-order valence-corrected chi connectivity index (χ4v) is 5.27. The minimum Gasteiger partial charge on any atom is -0.408 e. The maximum absolute atomic E-state index is 13.2. The third kappa shape index (κ3) is 4.09. The van der Waals surface area contributed by atoms with Crippen LogP contribution in [0.5, 0.6) is 0 Å². The summed E-state index contributed by atoms with van der Waals surface area (Å²) in [7, 11) is -3.88. The van der Waals surface area contributed by atoms with E-state index in [0.29, 0.717) is 17.6 Å². The van der Waals surface area contributed by atoms with Crippen LogP contribution in [0.15, 0.2) is 73.5 Å². The van der Waals surface area contributed by atoms with Crippen molar-refractivity contribution >= 4 is 32.5 Å². The predicted molar refractivity (Wildman–Crippen MR) is 116 cm³/mol. The summed E-state index contributed by atoms with van der Waals surface area (Å²) in [5, 5.41) is 3.94. The first-order valence-corrected chi connectivity index (χ1v) is 11.9. The van der Waals surface area contributed by atoms with Gasteiger partial charge in [0.2, 0.25) is 10.0 Å². The van der Waals surface area contributed by atoms with Gasteiger partial charge in [0.05, 0.1) is 22.1 Å². The van der Waals surface area contributed by atoms with Crippen LogP contribution < -0.4 is 10.5 Å². The number of sulfonamides is 1. The number of hydrogen-bond acceptors (Lipinski definition) is 6. The molecule has 4 rings (SSSR count). The Hall–Kier alpha value is -2.75. The van der Waals surface area contributed by atoms with Gasteiger partial charge in [0.15, 0.2) is 5.58 Å². The first-order chi connectivity index (χ1) is 14.3. The molecule has 30 heavy (non-hydrogen) atoms. The molecule has 0 saturated heterocycles. The molecule has 1 aromatic carbocycles. The second-order valence-electron chi connectivity index (χ2n) is 7.23. The fraction of sp³-hybridized carbons (Fsp3) is 0.238. The lowest BCUT2D eigenvalue weighted by Crippen LogP contribution is -2.30. The number of benzene rings is 1. The van der Waals surface area contributed by atoms with Gasteiger partial charge in [-0.25, -0.2) is 17.9 Å². The Balaban J connectivity index is 1.70. The maximum atomic E-state index is 13.2. The number of thiophene rings is 1. The Morgan fingerprint density at radius 1 is 1.20 bits per heavy atom. The van der Waals surface area contributed by atoms with E-state index in [0.717, 1.165) is 5.56 Å². The van der Waals surface area contributed by atoms with Gasteiger partial charge >= 0.3 is 5.76 Å². The van der Waals surface area contributed by atoms with Crippen molar-refractivity contribution in [1.29, 1.82) is 0 Å². The monoisotopic (exact) mass is 443 g/mol. The van der Waals surface area contributed by atoms with Crippen LogP contribution in [0.3, 0.4) is 0 Å². The zero-order chi connectivity index (χ0) is 21.3. The quantitative estimate of drug-likeness (QED) is 0.468. The first kappa shape index (κ1) is 20.5. The number of rotatable bonds is 7. The topological polar surface area (TPSA) is 94.2 Å². The molecule has 1 N–H and O–H groups in total. The summed E-state index contributed by atoms with van der Waals surface area (Å²) in [6.07, 6.45) is 2.11. The minimum absolute atomic E-state index is 0.0332. The molecule has 4 aromatic rings. The van der Waals surface area contributed by atoms with Gasteiger partial charge in [-0.05, 0) is 66.9 Å². The SMILES string of the molecule is CC(C)n1c(=O)oc2cc(S(=O)(=O)NC(Cc3ccsc3)c3ccccn3)ccc21. The third-order valence-electron chi connectivity index (χ3n) is 4.77. The fourth-order valence-electron chi connectivity index (χ4n) is 3.36. The van der Waals surface area contributed by atoms with Gasteiger partial charge in [-0.2, -0.15) is 11.3 Å². The molecule has 1 atom stereocenters. The second kappa shape index (κ2) is 8.17. The van der Waals surface area contributed by atoms with Crippen LogP contribution in [-0.2, 0) is 16.4 Å². The van der Waals surface area contributed by atoms with E-state index in [1.54, 1.807) is 35.7 Å². The molecule has 3 heterocycles. The molecule has 0 aliphatic rings. The van der Waals surface area contributed by atoms with Gasteiger partial charge in [-0.3, -0.25) is 9.55 Å². The molecule has 3 aromatic heterocycles. The summed E-state index contributed by atoms with van der Waals surface area (Å²) in [5.41, 5.74) is 2.46. The number of nitrogens with zero attached hydrogens (tertiary/aromatic N) is 2. The summed E-state index contributed by atoms with van der Waals surface area (Å²) in [4.78, 5) is 16.5. The molecule has 1 unspecified atom stereocenters. The van der Waals surface area contributed by atoms with Crippen LogP contribution in [0.25, 0.3) is 11.1 Å². The van der Waals surface area contributed by atoms with Crippen molar-refractivity contribution in [2.24, 2.45) is 0 Å². The van der Waals surface area contributed by atoms with Gasteiger partial charge < -0.3 is 4.42 Å². The molecule has 156 valence electrons. The smallest absolute Gasteiger partial charge is 0.408 e. The number of aromatic nitrogens is 2. The molecule has 0 radical (unpaired) electrons. The molecule has 0 aliphatic heterocycles. The third-order valence-corrected chi connectivity index (χ3v) is 6.98. The van der Waals surface area contributed by atoms with Gasteiger partial charge in [0.25, 0.3) is 0 Å². The van der Waals surface area contributed by atoms with Crippen molar-refractivity contribution in [3.8, 4) is 0 Å². The average Bonchev–Trinajstić information content (AvgIpc) is 3.33.